The van der Waals surface area contributed by atoms with E-state index in [0.29, 0.717) is 25.3 Å². The summed E-state index contributed by atoms with van der Waals surface area (Å²) in [7, 11) is 0. The van der Waals surface area contributed by atoms with E-state index in [9.17, 15) is 9.59 Å². The molecule has 1 aliphatic rings. The molecule has 7 N–H and O–H groups in total. The van der Waals surface area contributed by atoms with Crippen molar-refractivity contribution in [1.29, 1.82) is 0 Å². The van der Waals surface area contributed by atoms with E-state index in [1.807, 2.05) is 0 Å². The lowest BCUT2D eigenvalue weighted by atomic mass is 10.0. The number of guanidine groups is 1. The predicted molar refractivity (Wildman–Crippen MR) is 109 cm³/mol. The van der Waals surface area contributed by atoms with Gasteiger partial charge in [0.25, 0.3) is 0 Å². The largest absolute Gasteiger partial charge is 0.370 e. The molecule has 0 radical (unpaired) electrons. The highest BCUT2D eigenvalue weighted by Crippen LogP contribution is 2.21. The maximum atomic E-state index is 12.8. The lowest BCUT2D eigenvalue weighted by Gasteiger charge is -2.28. The Kier molecular flexibility index (Phi) is 11.0. The molecule has 8 heteroatoms. The maximum Gasteiger partial charge on any atom is 0.237 e. The molecule has 3 unspecified atom stereocenters. The molecular formula is C19H38N6O2. The highest BCUT2D eigenvalue weighted by atomic mass is 16.2. The van der Waals surface area contributed by atoms with Crippen molar-refractivity contribution in [3.8, 4) is 0 Å². The number of hydrogen-bond acceptors (Lipinski definition) is 5. The molecule has 0 aromatic carbocycles. The third kappa shape index (κ3) is 9.19. The van der Waals surface area contributed by atoms with Crippen LogP contribution in [0.25, 0.3) is 0 Å². The van der Waals surface area contributed by atoms with Gasteiger partial charge in [0.05, 0.1) is 12.1 Å². The minimum absolute atomic E-state index is 0.0345. The number of hydrogen-bond donors (Lipinski definition) is 4. The average molecular weight is 383 g/mol. The Morgan fingerprint density at radius 1 is 1.22 bits per heavy atom. The number of ketones is 1. The first-order valence-electron chi connectivity index (χ1n) is 10.2. The summed E-state index contributed by atoms with van der Waals surface area (Å²) in [6.07, 6.45) is 6.36. The molecule has 27 heavy (non-hydrogen) atoms. The van der Waals surface area contributed by atoms with Crippen LogP contribution in [0, 0.1) is 5.92 Å². The molecular weight excluding hydrogens is 344 g/mol. The van der Waals surface area contributed by atoms with Gasteiger partial charge in [0.15, 0.2) is 11.7 Å². The second-order valence-electron chi connectivity index (χ2n) is 7.66. The van der Waals surface area contributed by atoms with E-state index in [1.165, 1.54) is 6.92 Å². The summed E-state index contributed by atoms with van der Waals surface area (Å²) in [4.78, 5) is 30.9. The van der Waals surface area contributed by atoms with Gasteiger partial charge >= 0.3 is 0 Å². The SMILES string of the molecule is CC(=O)C(CCCN=C(N)N)NC(=O)C1CCCN1CC(C)CCCCN. The fourth-order valence-corrected chi connectivity index (χ4v) is 3.62. The molecule has 156 valence electrons. The normalized spacial score (nSPS) is 19.4. The quantitative estimate of drug-likeness (QED) is 0.206. The van der Waals surface area contributed by atoms with Gasteiger partial charge < -0.3 is 22.5 Å². The zero-order valence-electron chi connectivity index (χ0n) is 17.0. The molecule has 0 aliphatic carbocycles. The summed E-state index contributed by atoms with van der Waals surface area (Å²) in [5, 5.41) is 2.94. The Balaban J connectivity index is 2.50. The Morgan fingerprint density at radius 2 is 1.96 bits per heavy atom. The summed E-state index contributed by atoms with van der Waals surface area (Å²) >= 11 is 0. The van der Waals surface area contributed by atoms with Crippen LogP contribution in [0.3, 0.4) is 0 Å². The van der Waals surface area contributed by atoms with E-state index in [1.54, 1.807) is 0 Å². The van der Waals surface area contributed by atoms with Gasteiger partial charge in [-0.3, -0.25) is 19.5 Å². The van der Waals surface area contributed by atoms with Crippen LogP contribution >= 0.6 is 0 Å². The zero-order valence-corrected chi connectivity index (χ0v) is 17.0. The Labute approximate surface area is 163 Å². The highest BCUT2D eigenvalue weighted by Gasteiger charge is 2.32. The molecule has 1 heterocycles. The molecule has 1 rings (SSSR count). The van der Waals surface area contributed by atoms with Gasteiger partial charge in [0, 0.05) is 13.1 Å². The molecule has 1 aliphatic heterocycles. The molecule has 0 bridgehead atoms. The van der Waals surface area contributed by atoms with Gasteiger partial charge in [-0.25, -0.2) is 0 Å². The van der Waals surface area contributed by atoms with Crippen molar-refractivity contribution < 1.29 is 9.59 Å². The summed E-state index contributed by atoms with van der Waals surface area (Å²) in [6, 6.07) is -0.613. The van der Waals surface area contributed by atoms with Crippen LogP contribution in [0.5, 0.6) is 0 Å². The third-order valence-corrected chi connectivity index (χ3v) is 5.12. The number of nitrogens with one attached hydrogen (secondary N) is 1. The summed E-state index contributed by atoms with van der Waals surface area (Å²) < 4.78 is 0. The van der Waals surface area contributed by atoms with Crippen LogP contribution < -0.4 is 22.5 Å². The monoisotopic (exact) mass is 382 g/mol. The van der Waals surface area contributed by atoms with Gasteiger partial charge in [-0.05, 0) is 64.5 Å². The van der Waals surface area contributed by atoms with Crippen LogP contribution in [0.15, 0.2) is 4.99 Å². The number of rotatable bonds is 13. The number of likely N-dealkylation sites (tertiary alicyclic amines) is 1. The van der Waals surface area contributed by atoms with Crippen LogP contribution in [0.1, 0.15) is 58.8 Å². The van der Waals surface area contributed by atoms with Gasteiger partial charge in [-0.2, -0.15) is 0 Å². The molecule has 8 nitrogen and oxygen atoms in total. The Morgan fingerprint density at radius 3 is 2.59 bits per heavy atom. The second kappa shape index (κ2) is 12.7. The standard InChI is InChI=1S/C19H38N6O2/c1-14(7-3-4-10-20)13-25-12-6-9-17(25)18(27)24-16(15(2)26)8-5-11-23-19(21)22/h14,16-17H,3-13,20H2,1-2H3,(H,24,27)(H4,21,22,23). The molecule has 1 amide bonds. The lowest BCUT2D eigenvalue weighted by Crippen LogP contribution is -2.49. The van der Waals surface area contributed by atoms with Gasteiger partial charge in [0.2, 0.25) is 5.91 Å². The molecule has 1 fully saturated rings. The van der Waals surface area contributed by atoms with E-state index in [0.717, 1.165) is 51.7 Å². The molecule has 0 saturated carbocycles. The van der Waals surface area contributed by atoms with Crippen LogP contribution in [-0.2, 0) is 9.59 Å². The third-order valence-electron chi connectivity index (χ3n) is 5.12. The van der Waals surface area contributed by atoms with Crippen molar-refractivity contribution in [3.05, 3.63) is 0 Å². The van der Waals surface area contributed by atoms with Crippen molar-refractivity contribution in [2.45, 2.75) is 70.9 Å². The van der Waals surface area contributed by atoms with E-state index >= 15 is 0 Å². The minimum Gasteiger partial charge on any atom is -0.370 e. The number of unbranched alkanes of at least 4 members (excludes halogenated alkanes) is 1. The van der Waals surface area contributed by atoms with E-state index in [-0.39, 0.29) is 23.7 Å². The fourth-order valence-electron chi connectivity index (χ4n) is 3.62. The summed E-state index contributed by atoms with van der Waals surface area (Å²) in [5.41, 5.74) is 16.2. The van der Waals surface area contributed by atoms with Crippen LogP contribution in [0.2, 0.25) is 0 Å². The number of aliphatic imine (C=N–C) groups is 1. The lowest BCUT2D eigenvalue weighted by molar-refractivity contribution is -0.130. The van der Waals surface area contributed by atoms with Crippen molar-refractivity contribution in [2.75, 3.05) is 26.2 Å². The fraction of sp³-hybridized carbons (Fsp3) is 0.842. The number of amides is 1. The number of carbonyl (C=O) groups excluding carboxylic acids is 2. The van der Waals surface area contributed by atoms with Gasteiger partial charge in [0.1, 0.15) is 0 Å². The first kappa shape index (κ1) is 23.4. The van der Waals surface area contributed by atoms with Crippen molar-refractivity contribution in [2.24, 2.45) is 28.1 Å². The van der Waals surface area contributed by atoms with E-state index < -0.39 is 6.04 Å². The van der Waals surface area contributed by atoms with E-state index in [2.05, 4.69) is 22.1 Å². The smallest absolute Gasteiger partial charge is 0.237 e. The first-order chi connectivity index (χ1) is 12.8. The summed E-state index contributed by atoms with van der Waals surface area (Å²) in [6.45, 7) is 6.78. The van der Waals surface area contributed by atoms with Crippen molar-refractivity contribution in [1.82, 2.24) is 10.2 Å². The molecule has 0 aromatic rings. The number of nitrogens with two attached hydrogens (primary N) is 3. The zero-order chi connectivity index (χ0) is 20.2. The Hall–Kier alpha value is -1.67. The molecule has 1 saturated heterocycles. The van der Waals surface area contributed by atoms with Crippen LogP contribution in [-0.4, -0.2) is 60.8 Å². The number of nitrogens with zero attached hydrogens (tertiary/aromatic N) is 2. The van der Waals surface area contributed by atoms with E-state index in [4.69, 9.17) is 17.2 Å². The Bertz CT molecular complexity index is 493. The van der Waals surface area contributed by atoms with Crippen LogP contribution in [0.4, 0.5) is 0 Å². The van der Waals surface area contributed by atoms with Gasteiger partial charge in [-0.15, -0.1) is 0 Å². The highest BCUT2D eigenvalue weighted by molar-refractivity contribution is 5.89. The second-order valence-corrected chi connectivity index (χ2v) is 7.66. The molecule has 3 atom stereocenters. The van der Waals surface area contributed by atoms with Crippen molar-refractivity contribution in [3.63, 3.8) is 0 Å². The van der Waals surface area contributed by atoms with Crippen molar-refractivity contribution >= 4 is 17.6 Å². The maximum absolute atomic E-state index is 12.8. The minimum atomic E-state index is -0.476. The molecule has 0 aromatic heterocycles. The van der Waals surface area contributed by atoms with Gasteiger partial charge in [-0.1, -0.05) is 13.3 Å². The average Bonchev–Trinajstić information content (AvgIpc) is 3.05. The first-order valence-corrected chi connectivity index (χ1v) is 10.2. The number of carbonyl (C=O) groups is 2. The number of Topliss-reactive ketones (excluding diaryl/α,β-unsaturated/α-hetero) is 1. The topological polar surface area (TPSA) is 140 Å². The molecule has 0 spiro atoms. The predicted octanol–water partition coefficient (Wildman–Crippen LogP) is 0.343. The summed E-state index contributed by atoms with van der Waals surface area (Å²) in [5.74, 6) is 0.505.